The first-order valence-electron chi connectivity index (χ1n) is 5.21. The lowest BCUT2D eigenvalue weighted by molar-refractivity contribution is -0.134. The average molecular weight is 278 g/mol. The number of carbonyl (C=O) groups excluding carboxylic acids is 1. The molecular formula is C11H10N4O3S. The van der Waals surface area contributed by atoms with Crippen molar-refractivity contribution in [2.75, 3.05) is 13.4 Å². The molecule has 98 valence electrons. The minimum atomic E-state index is -0.508. The van der Waals surface area contributed by atoms with Crippen LogP contribution < -0.4 is 5.56 Å². The van der Waals surface area contributed by atoms with Gasteiger partial charge in [0.2, 0.25) is 0 Å². The Bertz CT molecular complexity index is 711. The van der Waals surface area contributed by atoms with E-state index in [4.69, 9.17) is 0 Å². The third-order valence-electron chi connectivity index (χ3n) is 2.20. The number of H-pyrrole nitrogens is 1. The molecule has 2 aromatic rings. The number of nitrogens with one attached hydrogen (secondary N) is 1. The van der Waals surface area contributed by atoms with Gasteiger partial charge >= 0.3 is 5.97 Å². The fourth-order valence-corrected chi connectivity index (χ4v) is 1.68. The number of aromatic amines is 1. The highest BCUT2D eigenvalue weighted by molar-refractivity contribution is 7.98. The van der Waals surface area contributed by atoms with Gasteiger partial charge in [-0.25, -0.2) is 19.7 Å². The van der Waals surface area contributed by atoms with Gasteiger partial charge in [-0.05, 0) is 12.3 Å². The van der Waals surface area contributed by atoms with Crippen molar-refractivity contribution >= 4 is 35.0 Å². The minimum absolute atomic E-state index is 0.129. The Hall–Kier alpha value is -2.22. The molecule has 2 heterocycles. The lowest BCUT2D eigenvalue weighted by Crippen LogP contribution is -2.12. The number of aromatic nitrogens is 4. The molecular weight excluding hydrogens is 268 g/mol. The first-order valence-corrected chi connectivity index (χ1v) is 6.43. The fraction of sp³-hybridized carbons (Fsp3) is 0.182. The Balaban J connectivity index is 2.46. The van der Waals surface area contributed by atoms with Crippen molar-refractivity contribution in [2.24, 2.45) is 0 Å². The van der Waals surface area contributed by atoms with Gasteiger partial charge in [-0.15, -0.1) is 0 Å². The second-order valence-electron chi connectivity index (χ2n) is 3.40. The van der Waals surface area contributed by atoms with Crippen LogP contribution in [0.4, 0.5) is 0 Å². The zero-order valence-corrected chi connectivity index (χ0v) is 11.0. The summed E-state index contributed by atoms with van der Waals surface area (Å²) in [6.07, 6.45) is 5.84. The number of fused-ring (bicyclic) bond motifs is 1. The van der Waals surface area contributed by atoms with E-state index in [1.54, 1.807) is 6.26 Å². The smallest absolute Gasteiger partial charge is 0.330 e. The highest BCUT2D eigenvalue weighted by Gasteiger charge is 2.06. The summed E-state index contributed by atoms with van der Waals surface area (Å²) in [5.41, 5.74) is 0.408. The minimum Gasteiger partial charge on any atom is -0.466 e. The number of ether oxygens (including phenoxy) is 1. The van der Waals surface area contributed by atoms with Gasteiger partial charge in [0, 0.05) is 6.08 Å². The van der Waals surface area contributed by atoms with Gasteiger partial charge in [-0.1, -0.05) is 11.8 Å². The Morgan fingerprint density at radius 1 is 1.47 bits per heavy atom. The summed E-state index contributed by atoms with van der Waals surface area (Å²) < 4.78 is 4.46. The lowest BCUT2D eigenvalue weighted by atomic mass is 10.3. The molecule has 19 heavy (non-hydrogen) atoms. The standard InChI is InChI=1S/C11H10N4O3S/c1-18-7(16)4-3-6-5-12-9-8(13-6)10(17)15-11(14-9)19-2/h3-5H,1-2H3,(H,12,14,15,17)/b4-3+. The van der Waals surface area contributed by atoms with E-state index in [-0.39, 0.29) is 16.7 Å². The van der Waals surface area contributed by atoms with E-state index in [1.807, 2.05) is 0 Å². The van der Waals surface area contributed by atoms with Crippen LogP contribution in [-0.4, -0.2) is 39.3 Å². The number of hydrogen-bond acceptors (Lipinski definition) is 7. The van der Waals surface area contributed by atoms with Crippen LogP contribution in [0.1, 0.15) is 5.69 Å². The summed E-state index contributed by atoms with van der Waals surface area (Å²) in [7, 11) is 1.28. The van der Waals surface area contributed by atoms with E-state index >= 15 is 0 Å². The lowest BCUT2D eigenvalue weighted by Gasteiger charge is -1.99. The van der Waals surface area contributed by atoms with Gasteiger partial charge in [0.05, 0.1) is 19.0 Å². The van der Waals surface area contributed by atoms with E-state index in [1.165, 1.54) is 37.2 Å². The molecule has 0 fully saturated rings. The molecule has 8 heteroatoms. The zero-order valence-electron chi connectivity index (χ0n) is 10.2. The van der Waals surface area contributed by atoms with Crippen molar-refractivity contribution in [1.82, 2.24) is 19.9 Å². The molecule has 0 aliphatic rings. The highest BCUT2D eigenvalue weighted by Crippen LogP contribution is 2.09. The summed E-state index contributed by atoms with van der Waals surface area (Å²) in [6, 6.07) is 0. The predicted octanol–water partition coefficient (Wildman–Crippen LogP) is 0.621. The van der Waals surface area contributed by atoms with Gasteiger partial charge < -0.3 is 4.74 Å². The number of methoxy groups -OCH3 is 1. The first-order chi connectivity index (χ1) is 9.13. The number of rotatable bonds is 3. The van der Waals surface area contributed by atoms with Crippen molar-refractivity contribution in [3.8, 4) is 0 Å². The first kappa shape index (κ1) is 13.2. The normalized spacial score (nSPS) is 11.1. The number of nitrogens with zero attached hydrogens (tertiary/aromatic N) is 3. The second kappa shape index (κ2) is 5.61. The van der Waals surface area contributed by atoms with Gasteiger partial charge in [0.1, 0.15) is 0 Å². The Labute approximate surface area is 112 Å². The molecule has 0 aliphatic carbocycles. The fourth-order valence-electron chi connectivity index (χ4n) is 1.31. The van der Waals surface area contributed by atoms with Crippen molar-refractivity contribution in [3.63, 3.8) is 0 Å². The maximum atomic E-state index is 11.8. The molecule has 0 spiro atoms. The quantitative estimate of drug-likeness (QED) is 0.380. The molecule has 0 aliphatic heterocycles. The molecule has 0 bridgehead atoms. The van der Waals surface area contributed by atoms with Gasteiger partial charge in [0.15, 0.2) is 16.3 Å². The molecule has 0 saturated heterocycles. The molecule has 0 amide bonds. The molecule has 0 atom stereocenters. The van der Waals surface area contributed by atoms with Crippen LogP contribution in [0.2, 0.25) is 0 Å². The Morgan fingerprint density at radius 2 is 2.26 bits per heavy atom. The molecule has 2 aromatic heterocycles. The van der Waals surface area contributed by atoms with Crippen LogP contribution in [0.5, 0.6) is 0 Å². The summed E-state index contributed by atoms with van der Waals surface area (Å²) in [5.74, 6) is -0.508. The maximum absolute atomic E-state index is 11.8. The second-order valence-corrected chi connectivity index (χ2v) is 4.19. The monoisotopic (exact) mass is 278 g/mol. The summed E-state index contributed by atoms with van der Waals surface area (Å²) in [5, 5.41) is 0.477. The summed E-state index contributed by atoms with van der Waals surface area (Å²) in [6.45, 7) is 0. The SMILES string of the molecule is COC(=O)/C=C/c1cnc2nc(SC)[nH]c(=O)c2n1. The van der Waals surface area contributed by atoms with Crippen molar-refractivity contribution in [2.45, 2.75) is 5.16 Å². The van der Waals surface area contributed by atoms with Gasteiger partial charge in [-0.2, -0.15) is 0 Å². The summed E-state index contributed by atoms with van der Waals surface area (Å²) >= 11 is 1.31. The third-order valence-corrected chi connectivity index (χ3v) is 2.78. The molecule has 7 nitrogen and oxygen atoms in total. The van der Waals surface area contributed by atoms with Crippen LogP contribution in [0.3, 0.4) is 0 Å². The van der Waals surface area contributed by atoms with E-state index < -0.39 is 5.97 Å². The number of carbonyl (C=O) groups is 1. The van der Waals surface area contributed by atoms with Crippen LogP contribution in [0.15, 0.2) is 22.2 Å². The molecule has 0 saturated carbocycles. The van der Waals surface area contributed by atoms with Crippen LogP contribution >= 0.6 is 11.8 Å². The molecule has 0 unspecified atom stereocenters. The molecule has 2 rings (SSSR count). The van der Waals surface area contributed by atoms with Crippen LogP contribution in [-0.2, 0) is 9.53 Å². The van der Waals surface area contributed by atoms with Gasteiger partial charge in [-0.3, -0.25) is 9.78 Å². The van der Waals surface area contributed by atoms with E-state index in [0.717, 1.165) is 0 Å². The molecule has 0 radical (unpaired) electrons. The number of thioether (sulfide) groups is 1. The molecule has 0 aromatic carbocycles. The summed E-state index contributed by atoms with van der Waals surface area (Å²) in [4.78, 5) is 37.6. The van der Waals surface area contributed by atoms with Crippen LogP contribution in [0, 0.1) is 0 Å². The van der Waals surface area contributed by atoms with Crippen molar-refractivity contribution in [1.29, 1.82) is 0 Å². The topological polar surface area (TPSA) is 97.8 Å². The predicted molar refractivity (Wildman–Crippen MR) is 70.8 cm³/mol. The van der Waals surface area contributed by atoms with E-state index in [0.29, 0.717) is 10.9 Å². The van der Waals surface area contributed by atoms with Gasteiger partial charge in [0.25, 0.3) is 5.56 Å². The highest BCUT2D eigenvalue weighted by atomic mass is 32.2. The zero-order chi connectivity index (χ0) is 13.8. The largest absolute Gasteiger partial charge is 0.466 e. The van der Waals surface area contributed by atoms with Crippen molar-refractivity contribution in [3.05, 3.63) is 28.3 Å². The van der Waals surface area contributed by atoms with Crippen molar-refractivity contribution < 1.29 is 9.53 Å². The Morgan fingerprint density at radius 3 is 2.95 bits per heavy atom. The van der Waals surface area contributed by atoms with E-state index in [2.05, 4.69) is 24.7 Å². The average Bonchev–Trinajstić information content (AvgIpc) is 2.44. The Kier molecular flexibility index (Phi) is 3.91. The maximum Gasteiger partial charge on any atom is 0.330 e. The number of hydrogen-bond donors (Lipinski definition) is 1. The molecule has 1 N–H and O–H groups in total. The van der Waals surface area contributed by atoms with Crippen LogP contribution in [0.25, 0.3) is 17.2 Å². The number of esters is 1. The van der Waals surface area contributed by atoms with E-state index in [9.17, 15) is 9.59 Å². The third kappa shape index (κ3) is 2.97.